The minimum atomic E-state index is -2.28. The topological polar surface area (TPSA) is 47.9 Å². The summed E-state index contributed by atoms with van der Waals surface area (Å²) in [5, 5.41) is 0.424. The molecule has 7 heteroatoms. The second kappa shape index (κ2) is 5.27. The fourth-order valence-electron chi connectivity index (χ4n) is 2.00. The van der Waals surface area contributed by atoms with E-state index in [1.807, 2.05) is 39.8 Å². The van der Waals surface area contributed by atoms with Crippen LogP contribution in [0, 0.1) is 0 Å². The van der Waals surface area contributed by atoms with Gasteiger partial charge >= 0.3 is 7.12 Å². The standard InChI is InChI=1S/C14H21BClNO3S/c1-13(2)14(3,4)20-15(19-13)10-8-7-9-11(12(10)16)17-21(5,6)18/h7-9H,1-6H3. The Labute approximate surface area is 132 Å². The number of benzene rings is 1. The number of hydrogen-bond donors (Lipinski definition) is 0. The molecule has 0 radical (unpaired) electrons. The van der Waals surface area contributed by atoms with Crippen LogP contribution >= 0.6 is 11.6 Å². The van der Waals surface area contributed by atoms with E-state index in [4.69, 9.17) is 20.9 Å². The number of hydrogen-bond acceptors (Lipinski definition) is 4. The molecule has 1 saturated heterocycles. The van der Waals surface area contributed by atoms with Crippen LogP contribution in [0.15, 0.2) is 22.6 Å². The Morgan fingerprint density at radius 1 is 1.14 bits per heavy atom. The molecule has 0 aromatic heterocycles. The van der Waals surface area contributed by atoms with Crippen LogP contribution in [0.5, 0.6) is 0 Å². The van der Waals surface area contributed by atoms with Gasteiger partial charge in [-0.2, -0.15) is 4.36 Å². The zero-order valence-electron chi connectivity index (χ0n) is 13.3. The largest absolute Gasteiger partial charge is 0.496 e. The third-order valence-corrected chi connectivity index (χ3v) is 4.88. The van der Waals surface area contributed by atoms with E-state index in [1.165, 1.54) is 0 Å². The van der Waals surface area contributed by atoms with Gasteiger partial charge in [0.1, 0.15) is 0 Å². The van der Waals surface area contributed by atoms with Gasteiger partial charge in [-0.15, -0.1) is 0 Å². The fraction of sp³-hybridized carbons (Fsp3) is 0.571. The van der Waals surface area contributed by atoms with Crippen molar-refractivity contribution in [2.45, 2.75) is 38.9 Å². The Bertz CT molecular complexity index is 657. The summed E-state index contributed by atoms with van der Waals surface area (Å²) in [6.07, 6.45) is 3.15. The Kier molecular flexibility index (Phi) is 4.21. The lowest BCUT2D eigenvalue weighted by Gasteiger charge is -2.32. The summed E-state index contributed by atoms with van der Waals surface area (Å²) in [5.74, 6) is 0. The monoisotopic (exact) mass is 329 g/mol. The smallest absolute Gasteiger partial charge is 0.399 e. The van der Waals surface area contributed by atoms with Crippen molar-refractivity contribution < 1.29 is 13.5 Å². The fourth-order valence-corrected chi connectivity index (χ4v) is 2.93. The normalized spacial score (nSPS) is 20.6. The van der Waals surface area contributed by atoms with Gasteiger partial charge in [0.25, 0.3) is 0 Å². The number of rotatable bonds is 2. The Balaban J connectivity index is 2.44. The summed E-state index contributed by atoms with van der Waals surface area (Å²) in [5.41, 5.74) is 0.341. The minimum absolute atomic E-state index is 0.424. The van der Waals surface area contributed by atoms with Crippen LogP contribution in [0.25, 0.3) is 0 Å². The molecule has 116 valence electrons. The molecule has 0 N–H and O–H groups in total. The van der Waals surface area contributed by atoms with E-state index < -0.39 is 28.0 Å². The van der Waals surface area contributed by atoms with Crippen molar-refractivity contribution in [1.82, 2.24) is 0 Å². The zero-order chi connectivity index (χ0) is 16.1. The molecule has 0 atom stereocenters. The third-order valence-electron chi connectivity index (χ3n) is 3.83. The maximum absolute atomic E-state index is 11.9. The number of halogens is 1. The highest BCUT2D eigenvalue weighted by molar-refractivity contribution is 7.92. The molecule has 2 rings (SSSR count). The van der Waals surface area contributed by atoms with Crippen LogP contribution in [0.4, 0.5) is 5.69 Å². The molecule has 21 heavy (non-hydrogen) atoms. The molecule has 4 nitrogen and oxygen atoms in total. The van der Waals surface area contributed by atoms with Gasteiger partial charge in [0, 0.05) is 27.7 Å². The molecule has 1 aliphatic heterocycles. The van der Waals surface area contributed by atoms with E-state index in [9.17, 15) is 4.21 Å². The molecule has 0 unspecified atom stereocenters. The zero-order valence-corrected chi connectivity index (χ0v) is 14.8. The maximum atomic E-state index is 11.9. The van der Waals surface area contributed by atoms with Crippen LogP contribution < -0.4 is 5.46 Å². The lowest BCUT2D eigenvalue weighted by Crippen LogP contribution is -2.41. The van der Waals surface area contributed by atoms with E-state index in [0.717, 1.165) is 0 Å². The lowest BCUT2D eigenvalue weighted by atomic mass is 9.79. The molecule has 1 aromatic carbocycles. The molecule has 0 spiro atoms. The summed E-state index contributed by atoms with van der Waals surface area (Å²) < 4.78 is 28.0. The minimum Gasteiger partial charge on any atom is -0.399 e. The highest BCUT2D eigenvalue weighted by atomic mass is 35.5. The first-order valence-electron chi connectivity index (χ1n) is 6.74. The Morgan fingerprint density at radius 2 is 1.67 bits per heavy atom. The quantitative estimate of drug-likeness (QED) is 0.784. The molecule has 1 heterocycles. The van der Waals surface area contributed by atoms with Crippen molar-refractivity contribution in [3.63, 3.8) is 0 Å². The van der Waals surface area contributed by atoms with E-state index >= 15 is 0 Å². The van der Waals surface area contributed by atoms with E-state index in [2.05, 4.69) is 4.36 Å². The van der Waals surface area contributed by atoms with Gasteiger partial charge in [-0.25, -0.2) is 4.21 Å². The Hall–Kier alpha value is -0.555. The van der Waals surface area contributed by atoms with Crippen LogP contribution in [0.2, 0.25) is 5.02 Å². The van der Waals surface area contributed by atoms with Crippen LogP contribution in [-0.4, -0.2) is 35.0 Å². The third kappa shape index (κ3) is 3.45. The second-order valence-corrected chi connectivity index (χ2v) is 9.46. The number of nitrogens with zero attached hydrogens (tertiary/aromatic N) is 1. The maximum Gasteiger partial charge on any atom is 0.496 e. The average Bonchev–Trinajstić information content (AvgIpc) is 2.49. The molecule has 1 aromatic rings. The van der Waals surface area contributed by atoms with Crippen molar-refractivity contribution in [1.29, 1.82) is 0 Å². The van der Waals surface area contributed by atoms with Crippen molar-refractivity contribution in [2.75, 3.05) is 12.5 Å². The van der Waals surface area contributed by atoms with Gasteiger partial charge in [-0.3, -0.25) is 0 Å². The van der Waals surface area contributed by atoms with Crippen LogP contribution in [0.3, 0.4) is 0 Å². The van der Waals surface area contributed by atoms with Gasteiger partial charge in [-0.1, -0.05) is 23.7 Å². The van der Waals surface area contributed by atoms with Crippen LogP contribution in [0.1, 0.15) is 27.7 Å². The highest BCUT2D eigenvalue weighted by Crippen LogP contribution is 2.37. The SMILES string of the molecule is CC1(C)OB(c2cccc(N=S(C)(C)=O)c2Cl)OC1(C)C. The van der Waals surface area contributed by atoms with E-state index in [-0.39, 0.29) is 0 Å². The summed E-state index contributed by atoms with van der Waals surface area (Å²) in [6, 6.07) is 5.40. The molecule has 0 amide bonds. The predicted octanol–water partition coefficient (Wildman–Crippen LogP) is 3.00. The lowest BCUT2D eigenvalue weighted by molar-refractivity contribution is 0.00578. The average molecular weight is 330 g/mol. The van der Waals surface area contributed by atoms with Gasteiger partial charge in [0.15, 0.2) is 0 Å². The van der Waals surface area contributed by atoms with Gasteiger partial charge in [-0.05, 0) is 33.8 Å². The van der Waals surface area contributed by atoms with Crippen molar-refractivity contribution in [3.8, 4) is 0 Å². The summed E-state index contributed by atoms with van der Waals surface area (Å²) in [7, 11) is -2.83. The molecular weight excluding hydrogens is 308 g/mol. The molecule has 1 fully saturated rings. The predicted molar refractivity (Wildman–Crippen MR) is 89.2 cm³/mol. The first kappa shape index (κ1) is 16.8. The van der Waals surface area contributed by atoms with Gasteiger partial charge in [0.05, 0.1) is 21.9 Å². The van der Waals surface area contributed by atoms with E-state index in [0.29, 0.717) is 16.2 Å². The summed E-state index contributed by atoms with van der Waals surface area (Å²) in [6.45, 7) is 7.94. The molecule has 1 aliphatic rings. The Morgan fingerprint density at radius 3 is 2.14 bits per heavy atom. The van der Waals surface area contributed by atoms with Crippen LogP contribution in [-0.2, 0) is 19.0 Å². The first-order chi connectivity index (χ1) is 9.43. The molecule has 0 saturated carbocycles. The highest BCUT2D eigenvalue weighted by Gasteiger charge is 2.52. The van der Waals surface area contributed by atoms with Gasteiger partial charge < -0.3 is 9.31 Å². The molecule has 0 aliphatic carbocycles. The van der Waals surface area contributed by atoms with E-state index in [1.54, 1.807) is 18.6 Å². The summed E-state index contributed by atoms with van der Waals surface area (Å²) in [4.78, 5) is 0. The molecular formula is C14H21BClNO3S. The van der Waals surface area contributed by atoms with Crippen molar-refractivity contribution in [2.24, 2.45) is 4.36 Å². The summed E-state index contributed by atoms with van der Waals surface area (Å²) >= 11 is 6.40. The van der Waals surface area contributed by atoms with Crippen molar-refractivity contribution in [3.05, 3.63) is 23.2 Å². The van der Waals surface area contributed by atoms with Gasteiger partial charge in [0.2, 0.25) is 0 Å². The van der Waals surface area contributed by atoms with Crippen molar-refractivity contribution >= 4 is 39.6 Å². The second-order valence-electron chi connectivity index (χ2n) is 6.54. The first-order valence-corrected chi connectivity index (χ1v) is 9.45. The molecule has 0 bridgehead atoms.